The number of imidazole rings is 1. The Morgan fingerprint density at radius 2 is 2.28 bits per heavy atom. The molecule has 3 rings (SSSR count). The molecule has 1 aliphatic rings. The van der Waals surface area contributed by atoms with E-state index >= 15 is 0 Å². The molecule has 18 heavy (non-hydrogen) atoms. The molecule has 2 aromatic rings. The number of nitrogens with zero attached hydrogens (tertiary/aromatic N) is 2. The van der Waals surface area contributed by atoms with Crippen LogP contribution in [0.4, 0.5) is 0 Å². The van der Waals surface area contributed by atoms with Gasteiger partial charge in [-0.3, -0.25) is 4.79 Å². The third kappa shape index (κ3) is 2.14. The number of carboxylic acids is 1. The fourth-order valence-corrected chi connectivity index (χ4v) is 2.19. The normalized spacial score (nSPS) is 14.7. The summed E-state index contributed by atoms with van der Waals surface area (Å²) in [6, 6.07) is 8.25. The molecule has 1 N–H and O–H groups in total. The second-order valence-electron chi connectivity index (χ2n) is 4.69. The number of aliphatic carboxylic acids is 1. The van der Waals surface area contributed by atoms with Crippen molar-refractivity contribution in [1.29, 1.82) is 0 Å². The number of benzene rings is 1. The molecule has 92 valence electrons. The van der Waals surface area contributed by atoms with Gasteiger partial charge >= 0.3 is 5.97 Å². The number of aromatic nitrogens is 2. The van der Waals surface area contributed by atoms with Crippen LogP contribution in [0.2, 0.25) is 0 Å². The summed E-state index contributed by atoms with van der Waals surface area (Å²) in [4.78, 5) is 14.9. The van der Waals surface area contributed by atoms with E-state index in [0.717, 1.165) is 16.8 Å². The Morgan fingerprint density at radius 3 is 3.00 bits per heavy atom. The lowest BCUT2D eigenvalue weighted by Crippen LogP contribution is -2.00. The first-order valence-electron chi connectivity index (χ1n) is 6.07. The first-order valence-corrected chi connectivity index (χ1v) is 6.07. The van der Waals surface area contributed by atoms with Gasteiger partial charge in [-0.15, -0.1) is 0 Å². The first kappa shape index (κ1) is 11.0. The van der Waals surface area contributed by atoms with Gasteiger partial charge in [-0.25, -0.2) is 4.98 Å². The highest BCUT2D eigenvalue weighted by Crippen LogP contribution is 2.38. The topological polar surface area (TPSA) is 55.1 Å². The summed E-state index contributed by atoms with van der Waals surface area (Å²) < 4.78 is 2.18. The Balaban J connectivity index is 1.95. The maximum Gasteiger partial charge on any atom is 0.307 e. The molecule has 1 heterocycles. The number of carbonyl (C=O) groups is 1. The zero-order valence-electron chi connectivity index (χ0n) is 9.91. The highest BCUT2D eigenvalue weighted by atomic mass is 16.4. The minimum Gasteiger partial charge on any atom is -0.481 e. The largest absolute Gasteiger partial charge is 0.481 e. The van der Waals surface area contributed by atoms with Gasteiger partial charge in [0, 0.05) is 11.6 Å². The van der Waals surface area contributed by atoms with Gasteiger partial charge in [0.2, 0.25) is 0 Å². The highest BCUT2D eigenvalue weighted by Gasteiger charge is 2.25. The van der Waals surface area contributed by atoms with Crippen molar-refractivity contribution < 1.29 is 9.90 Å². The Bertz CT molecular complexity index is 585. The molecular formula is C14H14N2O2. The Labute approximate surface area is 105 Å². The first-order chi connectivity index (χ1) is 8.74. The third-order valence-electron chi connectivity index (χ3n) is 3.18. The maximum absolute atomic E-state index is 10.7. The molecule has 4 nitrogen and oxygen atoms in total. The van der Waals surface area contributed by atoms with Gasteiger partial charge in [0.25, 0.3) is 0 Å². The Morgan fingerprint density at radius 1 is 1.44 bits per heavy atom. The highest BCUT2D eigenvalue weighted by molar-refractivity contribution is 5.71. The molecule has 1 saturated carbocycles. The van der Waals surface area contributed by atoms with Crippen LogP contribution in [0.25, 0.3) is 11.3 Å². The van der Waals surface area contributed by atoms with E-state index in [2.05, 4.69) is 9.55 Å². The lowest BCUT2D eigenvalue weighted by molar-refractivity contribution is -0.136. The van der Waals surface area contributed by atoms with Crippen molar-refractivity contribution in [2.24, 2.45) is 0 Å². The van der Waals surface area contributed by atoms with E-state index in [1.165, 1.54) is 12.8 Å². The SMILES string of the molecule is O=C(O)Cc1cccc(-c2cncn2C2CC2)c1. The van der Waals surface area contributed by atoms with Crippen molar-refractivity contribution >= 4 is 5.97 Å². The molecule has 0 spiro atoms. The van der Waals surface area contributed by atoms with Crippen molar-refractivity contribution in [3.05, 3.63) is 42.4 Å². The van der Waals surface area contributed by atoms with Crippen molar-refractivity contribution in [2.45, 2.75) is 25.3 Å². The standard InChI is InChI=1S/C14H14N2O2/c17-14(18)7-10-2-1-3-11(6-10)13-8-15-9-16(13)12-4-5-12/h1-3,6,8-9,12H,4-5,7H2,(H,17,18). The molecule has 1 fully saturated rings. The average Bonchev–Trinajstić information content (AvgIpc) is 3.06. The third-order valence-corrected chi connectivity index (χ3v) is 3.18. The summed E-state index contributed by atoms with van der Waals surface area (Å²) in [6.45, 7) is 0. The number of hydrogen-bond acceptors (Lipinski definition) is 2. The van der Waals surface area contributed by atoms with Crippen LogP contribution in [-0.4, -0.2) is 20.6 Å². The Hall–Kier alpha value is -2.10. The van der Waals surface area contributed by atoms with Gasteiger partial charge < -0.3 is 9.67 Å². The van der Waals surface area contributed by atoms with E-state index < -0.39 is 5.97 Å². The predicted octanol–water partition coefficient (Wildman–Crippen LogP) is 2.51. The molecule has 0 radical (unpaired) electrons. The lowest BCUT2D eigenvalue weighted by atomic mass is 10.1. The van der Waals surface area contributed by atoms with E-state index in [9.17, 15) is 4.79 Å². The second-order valence-corrected chi connectivity index (χ2v) is 4.69. The zero-order valence-corrected chi connectivity index (χ0v) is 9.91. The van der Waals surface area contributed by atoms with Crippen LogP contribution in [0, 0.1) is 0 Å². The van der Waals surface area contributed by atoms with E-state index in [4.69, 9.17) is 5.11 Å². The average molecular weight is 242 g/mol. The summed E-state index contributed by atoms with van der Waals surface area (Å²) >= 11 is 0. The van der Waals surface area contributed by atoms with E-state index in [0.29, 0.717) is 6.04 Å². The summed E-state index contributed by atoms with van der Waals surface area (Å²) in [5.74, 6) is -0.803. The molecule has 0 unspecified atom stereocenters. The molecule has 0 bridgehead atoms. The van der Waals surface area contributed by atoms with Crippen molar-refractivity contribution in [1.82, 2.24) is 9.55 Å². The smallest absolute Gasteiger partial charge is 0.307 e. The molecule has 0 saturated heterocycles. The van der Waals surface area contributed by atoms with E-state index in [-0.39, 0.29) is 6.42 Å². The van der Waals surface area contributed by atoms with Crippen LogP contribution < -0.4 is 0 Å². The van der Waals surface area contributed by atoms with Gasteiger partial charge in [-0.1, -0.05) is 18.2 Å². The number of rotatable bonds is 4. The minimum absolute atomic E-state index is 0.0609. The lowest BCUT2D eigenvalue weighted by Gasteiger charge is -2.07. The molecular weight excluding hydrogens is 228 g/mol. The summed E-state index contributed by atoms with van der Waals surface area (Å²) in [5, 5.41) is 8.82. The van der Waals surface area contributed by atoms with Gasteiger partial charge in [-0.05, 0) is 24.5 Å². The van der Waals surface area contributed by atoms with Gasteiger partial charge in [-0.2, -0.15) is 0 Å². The van der Waals surface area contributed by atoms with E-state index in [1.807, 2.05) is 36.8 Å². The molecule has 0 atom stereocenters. The molecule has 1 aromatic carbocycles. The quantitative estimate of drug-likeness (QED) is 0.896. The van der Waals surface area contributed by atoms with Gasteiger partial charge in [0.1, 0.15) is 0 Å². The monoisotopic (exact) mass is 242 g/mol. The number of carboxylic acid groups (broad SMARTS) is 1. The summed E-state index contributed by atoms with van der Waals surface area (Å²) in [6.07, 6.45) is 6.18. The summed E-state index contributed by atoms with van der Waals surface area (Å²) in [7, 11) is 0. The molecule has 1 aromatic heterocycles. The Kier molecular flexibility index (Phi) is 2.63. The van der Waals surface area contributed by atoms with Gasteiger partial charge in [0.05, 0.1) is 24.6 Å². The zero-order chi connectivity index (χ0) is 12.5. The molecule has 0 aliphatic heterocycles. The van der Waals surface area contributed by atoms with Crippen molar-refractivity contribution in [3.8, 4) is 11.3 Å². The summed E-state index contributed by atoms with van der Waals surface area (Å²) in [5.41, 5.74) is 2.94. The molecule has 1 aliphatic carbocycles. The second kappa shape index (κ2) is 4.29. The van der Waals surface area contributed by atoms with Crippen molar-refractivity contribution in [3.63, 3.8) is 0 Å². The van der Waals surface area contributed by atoms with Crippen LogP contribution in [0.15, 0.2) is 36.8 Å². The van der Waals surface area contributed by atoms with E-state index in [1.54, 1.807) is 0 Å². The number of hydrogen-bond donors (Lipinski definition) is 1. The molecule has 4 heteroatoms. The van der Waals surface area contributed by atoms with Crippen LogP contribution in [-0.2, 0) is 11.2 Å². The van der Waals surface area contributed by atoms with Gasteiger partial charge in [0.15, 0.2) is 0 Å². The van der Waals surface area contributed by atoms with Crippen LogP contribution in [0.3, 0.4) is 0 Å². The van der Waals surface area contributed by atoms with Crippen molar-refractivity contribution in [2.75, 3.05) is 0 Å². The predicted molar refractivity (Wildman–Crippen MR) is 67.3 cm³/mol. The maximum atomic E-state index is 10.7. The minimum atomic E-state index is -0.803. The van der Waals surface area contributed by atoms with Crippen LogP contribution in [0.1, 0.15) is 24.4 Å². The van der Waals surface area contributed by atoms with Crippen LogP contribution in [0.5, 0.6) is 0 Å². The fraction of sp³-hybridized carbons (Fsp3) is 0.286. The van der Waals surface area contributed by atoms with Crippen LogP contribution >= 0.6 is 0 Å². The molecule has 0 amide bonds. The fourth-order valence-electron chi connectivity index (χ4n) is 2.19.